The smallest absolute Gasteiger partial charge is 0.0255 e. The van der Waals surface area contributed by atoms with Crippen molar-refractivity contribution in [1.82, 2.24) is 5.32 Å². The Hall–Kier alpha value is -0.300. The molecule has 1 nitrogen and oxygen atoms in total. The summed E-state index contributed by atoms with van der Waals surface area (Å²) in [6.45, 7) is 1.23. The molecule has 0 aromatic rings. The van der Waals surface area contributed by atoms with Gasteiger partial charge < -0.3 is 5.32 Å². The van der Waals surface area contributed by atoms with Gasteiger partial charge in [-0.2, -0.15) is 0 Å². The Balaban J connectivity index is 2.08. The van der Waals surface area contributed by atoms with Gasteiger partial charge in [-0.25, -0.2) is 0 Å². The maximum atomic E-state index is 3.49. The highest BCUT2D eigenvalue weighted by molar-refractivity contribution is 5.06. The molecule has 2 unspecified atom stereocenters. The first kappa shape index (κ1) is 5.48. The van der Waals surface area contributed by atoms with Gasteiger partial charge in [-0.15, -0.1) is 0 Å². The summed E-state index contributed by atoms with van der Waals surface area (Å²) in [5.41, 5.74) is 0. The van der Waals surface area contributed by atoms with E-state index in [-0.39, 0.29) is 0 Å². The third kappa shape index (κ3) is 1.01. The molecule has 1 aliphatic carbocycles. The standard InChI is InChI=1S/C8H13N/c1-2-7-3-4-8(6-7)9-5-1/h3-4,7-9H,1-2,5-6H2. The first-order chi connectivity index (χ1) is 4.45. The average molecular weight is 123 g/mol. The van der Waals surface area contributed by atoms with Crippen LogP contribution in [0.1, 0.15) is 19.3 Å². The van der Waals surface area contributed by atoms with E-state index in [1.54, 1.807) is 0 Å². The van der Waals surface area contributed by atoms with E-state index in [0.29, 0.717) is 0 Å². The van der Waals surface area contributed by atoms with Gasteiger partial charge in [0.1, 0.15) is 0 Å². The predicted molar refractivity (Wildman–Crippen MR) is 38.3 cm³/mol. The number of allylic oxidation sites excluding steroid dienone is 1. The van der Waals surface area contributed by atoms with Gasteiger partial charge >= 0.3 is 0 Å². The second-order valence-electron chi connectivity index (χ2n) is 3.08. The van der Waals surface area contributed by atoms with Crippen LogP contribution in [0, 0.1) is 5.92 Å². The highest BCUT2D eigenvalue weighted by atomic mass is 14.9. The zero-order valence-corrected chi connectivity index (χ0v) is 5.64. The third-order valence-electron chi connectivity index (χ3n) is 2.33. The lowest BCUT2D eigenvalue weighted by atomic mass is 10.0. The molecule has 2 rings (SSSR count). The van der Waals surface area contributed by atoms with Crippen LogP contribution in [0.4, 0.5) is 0 Å². The maximum absolute atomic E-state index is 3.49. The van der Waals surface area contributed by atoms with E-state index in [1.165, 1.54) is 25.8 Å². The highest BCUT2D eigenvalue weighted by Gasteiger charge is 2.20. The average Bonchev–Trinajstić information content (AvgIpc) is 2.09. The van der Waals surface area contributed by atoms with Crippen LogP contribution in [0.15, 0.2) is 12.2 Å². The molecular weight excluding hydrogens is 110 g/mol. The van der Waals surface area contributed by atoms with Crippen molar-refractivity contribution < 1.29 is 0 Å². The summed E-state index contributed by atoms with van der Waals surface area (Å²) in [6.07, 6.45) is 8.83. The van der Waals surface area contributed by atoms with Crippen molar-refractivity contribution in [3.8, 4) is 0 Å². The molecule has 0 spiro atoms. The molecule has 0 saturated carbocycles. The van der Waals surface area contributed by atoms with Crippen molar-refractivity contribution in [3.63, 3.8) is 0 Å². The normalized spacial score (nSPS) is 40.9. The summed E-state index contributed by atoms with van der Waals surface area (Å²) in [5.74, 6) is 0.907. The molecule has 1 N–H and O–H groups in total. The van der Waals surface area contributed by atoms with Crippen LogP contribution in [0.2, 0.25) is 0 Å². The van der Waals surface area contributed by atoms with Crippen LogP contribution in [0.3, 0.4) is 0 Å². The van der Waals surface area contributed by atoms with E-state index in [0.717, 1.165) is 12.0 Å². The SMILES string of the molecule is C1=CC2CC1CCCN2. The van der Waals surface area contributed by atoms with Gasteiger partial charge in [0.25, 0.3) is 0 Å². The minimum Gasteiger partial charge on any atom is -0.310 e. The fraction of sp³-hybridized carbons (Fsp3) is 0.750. The molecule has 1 fully saturated rings. The summed E-state index contributed by atoms with van der Waals surface area (Å²) in [7, 11) is 0. The molecule has 2 atom stereocenters. The van der Waals surface area contributed by atoms with Crippen molar-refractivity contribution in [2.24, 2.45) is 5.92 Å². The van der Waals surface area contributed by atoms with Gasteiger partial charge in [0.05, 0.1) is 0 Å². The lowest BCUT2D eigenvalue weighted by Crippen LogP contribution is -2.24. The fourth-order valence-corrected chi connectivity index (χ4v) is 1.79. The number of hydrogen-bond acceptors (Lipinski definition) is 1. The number of fused-ring (bicyclic) bond motifs is 2. The second-order valence-corrected chi connectivity index (χ2v) is 3.08. The quantitative estimate of drug-likeness (QED) is 0.479. The van der Waals surface area contributed by atoms with E-state index >= 15 is 0 Å². The van der Waals surface area contributed by atoms with Crippen LogP contribution < -0.4 is 5.32 Å². The Bertz CT molecular complexity index is 115. The van der Waals surface area contributed by atoms with Crippen molar-refractivity contribution in [3.05, 3.63) is 12.2 Å². The van der Waals surface area contributed by atoms with Crippen molar-refractivity contribution in [1.29, 1.82) is 0 Å². The molecule has 2 bridgehead atoms. The van der Waals surface area contributed by atoms with Crippen LogP contribution in [-0.4, -0.2) is 12.6 Å². The molecule has 0 aromatic carbocycles. The largest absolute Gasteiger partial charge is 0.310 e. The Labute approximate surface area is 56.1 Å². The molecule has 2 aliphatic rings. The van der Waals surface area contributed by atoms with Gasteiger partial charge in [-0.1, -0.05) is 12.2 Å². The lowest BCUT2D eigenvalue weighted by molar-refractivity contribution is 0.568. The van der Waals surface area contributed by atoms with E-state index in [2.05, 4.69) is 17.5 Å². The molecule has 1 saturated heterocycles. The van der Waals surface area contributed by atoms with E-state index in [1.807, 2.05) is 0 Å². The van der Waals surface area contributed by atoms with Gasteiger partial charge in [-0.05, 0) is 31.7 Å². The molecule has 9 heavy (non-hydrogen) atoms. The predicted octanol–water partition coefficient (Wildman–Crippen LogP) is 1.31. The molecule has 0 radical (unpaired) electrons. The summed E-state index contributed by atoms with van der Waals surface area (Å²) >= 11 is 0. The van der Waals surface area contributed by atoms with Crippen molar-refractivity contribution >= 4 is 0 Å². The third-order valence-corrected chi connectivity index (χ3v) is 2.33. The monoisotopic (exact) mass is 123 g/mol. The van der Waals surface area contributed by atoms with Gasteiger partial charge in [0.2, 0.25) is 0 Å². The van der Waals surface area contributed by atoms with Crippen molar-refractivity contribution in [2.45, 2.75) is 25.3 Å². The first-order valence-corrected chi connectivity index (χ1v) is 3.87. The maximum Gasteiger partial charge on any atom is 0.0255 e. The summed E-state index contributed by atoms with van der Waals surface area (Å²) < 4.78 is 0. The highest BCUT2D eigenvalue weighted by Crippen LogP contribution is 2.24. The summed E-state index contributed by atoms with van der Waals surface area (Å²) in [6, 6.07) is 0.720. The zero-order valence-electron chi connectivity index (χ0n) is 5.64. The Morgan fingerprint density at radius 1 is 1.33 bits per heavy atom. The minimum atomic E-state index is 0.720. The van der Waals surface area contributed by atoms with Crippen molar-refractivity contribution in [2.75, 3.05) is 6.54 Å². The number of nitrogens with one attached hydrogen (secondary N) is 1. The second kappa shape index (κ2) is 2.14. The number of hydrogen-bond donors (Lipinski definition) is 1. The fourth-order valence-electron chi connectivity index (χ4n) is 1.79. The Morgan fingerprint density at radius 2 is 2.33 bits per heavy atom. The first-order valence-electron chi connectivity index (χ1n) is 3.87. The Morgan fingerprint density at radius 3 is 3.33 bits per heavy atom. The molecule has 1 heterocycles. The zero-order chi connectivity index (χ0) is 6.10. The molecule has 50 valence electrons. The van der Waals surface area contributed by atoms with Crippen LogP contribution >= 0.6 is 0 Å². The summed E-state index contributed by atoms with van der Waals surface area (Å²) in [4.78, 5) is 0. The van der Waals surface area contributed by atoms with Gasteiger partial charge in [0, 0.05) is 6.04 Å². The lowest BCUT2D eigenvalue weighted by Gasteiger charge is -2.05. The van der Waals surface area contributed by atoms with Gasteiger partial charge in [0.15, 0.2) is 0 Å². The molecule has 1 heteroatoms. The topological polar surface area (TPSA) is 12.0 Å². The summed E-state index contributed by atoms with van der Waals surface area (Å²) in [5, 5.41) is 3.49. The van der Waals surface area contributed by atoms with Gasteiger partial charge in [-0.3, -0.25) is 0 Å². The van der Waals surface area contributed by atoms with E-state index in [4.69, 9.17) is 0 Å². The minimum absolute atomic E-state index is 0.720. The molecular formula is C8H13N. The molecule has 1 aliphatic heterocycles. The molecule has 0 amide bonds. The van der Waals surface area contributed by atoms with E-state index in [9.17, 15) is 0 Å². The van der Waals surface area contributed by atoms with E-state index < -0.39 is 0 Å². The Kier molecular flexibility index (Phi) is 1.31. The number of rotatable bonds is 0. The van der Waals surface area contributed by atoms with Crippen LogP contribution in [0.25, 0.3) is 0 Å². The van der Waals surface area contributed by atoms with Crippen LogP contribution in [0.5, 0.6) is 0 Å². The molecule has 0 aromatic heterocycles. The van der Waals surface area contributed by atoms with Crippen LogP contribution in [-0.2, 0) is 0 Å².